The molecule has 0 saturated carbocycles. The van der Waals surface area contributed by atoms with Crippen LogP contribution in [0.3, 0.4) is 0 Å². The normalized spacial score (nSPS) is 10.6. The number of carbonyl (C=O) groups is 3. The Morgan fingerprint density at radius 2 is 1.51 bits per heavy atom. The van der Waals surface area contributed by atoms with Gasteiger partial charge in [-0.15, -0.1) is 11.3 Å². The van der Waals surface area contributed by atoms with E-state index in [1.807, 2.05) is 48.5 Å². The van der Waals surface area contributed by atoms with Crippen molar-refractivity contribution in [3.8, 4) is 11.3 Å². The van der Waals surface area contributed by atoms with Crippen LogP contribution >= 0.6 is 11.3 Å². The van der Waals surface area contributed by atoms with Crippen molar-refractivity contribution in [2.45, 2.75) is 32.6 Å². The van der Waals surface area contributed by atoms with Gasteiger partial charge in [0.1, 0.15) is 0 Å². The van der Waals surface area contributed by atoms with Crippen LogP contribution in [0.2, 0.25) is 0 Å². The number of anilines is 1. The van der Waals surface area contributed by atoms with E-state index in [2.05, 4.69) is 17.4 Å². The fourth-order valence-electron chi connectivity index (χ4n) is 3.87. The van der Waals surface area contributed by atoms with Gasteiger partial charge in [0.2, 0.25) is 5.91 Å². The number of thiazole rings is 1. The summed E-state index contributed by atoms with van der Waals surface area (Å²) in [5, 5.41) is 3.39. The quantitative estimate of drug-likeness (QED) is 0.194. The molecule has 4 rings (SSSR count). The minimum atomic E-state index is -0.303. The van der Waals surface area contributed by atoms with E-state index in [1.54, 1.807) is 31.2 Å². The van der Waals surface area contributed by atoms with Gasteiger partial charge < -0.3 is 10.1 Å². The highest BCUT2D eigenvalue weighted by Gasteiger charge is 2.16. The first-order valence-corrected chi connectivity index (χ1v) is 13.0. The Labute approximate surface area is 220 Å². The monoisotopic (exact) mass is 512 g/mol. The predicted molar refractivity (Wildman–Crippen MR) is 146 cm³/mol. The van der Waals surface area contributed by atoms with Crippen molar-refractivity contribution >= 4 is 34.1 Å². The van der Waals surface area contributed by atoms with Gasteiger partial charge in [-0.05, 0) is 18.1 Å². The van der Waals surface area contributed by atoms with E-state index in [1.165, 1.54) is 16.9 Å². The molecule has 0 atom stereocenters. The van der Waals surface area contributed by atoms with Gasteiger partial charge in [-0.3, -0.25) is 14.4 Å². The molecule has 0 aliphatic rings. The molecule has 6 nitrogen and oxygen atoms in total. The number of rotatable bonds is 11. The van der Waals surface area contributed by atoms with Crippen molar-refractivity contribution in [2.24, 2.45) is 0 Å². The van der Waals surface area contributed by atoms with Crippen LogP contribution in [0.15, 0.2) is 84.9 Å². The number of hydrogen-bond donors (Lipinski definition) is 1. The molecule has 0 radical (unpaired) electrons. The number of benzene rings is 3. The summed E-state index contributed by atoms with van der Waals surface area (Å²) in [5.41, 5.74) is 4.29. The van der Waals surface area contributed by atoms with Gasteiger partial charge in [-0.25, -0.2) is 4.98 Å². The summed E-state index contributed by atoms with van der Waals surface area (Å²) in [6.07, 6.45) is 1.01. The highest BCUT2D eigenvalue weighted by Crippen LogP contribution is 2.33. The molecular formula is C30H28N2O4S. The third-order valence-electron chi connectivity index (χ3n) is 5.71. The number of esters is 1. The van der Waals surface area contributed by atoms with E-state index < -0.39 is 0 Å². The highest BCUT2D eigenvalue weighted by molar-refractivity contribution is 7.16. The van der Waals surface area contributed by atoms with Crippen LogP contribution in [-0.4, -0.2) is 29.3 Å². The van der Waals surface area contributed by atoms with Crippen molar-refractivity contribution in [1.29, 1.82) is 0 Å². The summed E-state index contributed by atoms with van der Waals surface area (Å²) in [5.74, 6) is -0.693. The lowest BCUT2D eigenvalue weighted by Gasteiger charge is -2.05. The molecule has 0 fully saturated rings. The van der Waals surface area contributed by atoms with Gasteiger partial charge in [0.15, 0.2) is 10.9 Å². The molecule has 188 valence electrons. The summed E-state index contributed by atoms with van der Waals surface area (Å²) < 4.78 is 4.95. The number of nitrogens with zero attached hydrogens (tertiary/aromatic N) is 1. The molecule has 37 heavy (non-hydrogen) atoms. The van der Waals surface area contributed by atoms with Gasteiger partial charge in [0.25, 0.3) is 0 Å². The SMILES string of the molecule is CCOC(=O)Cc1ccc(C(=O)CCC(=O)Nc2nc(-c3ccccc3)c(Cc3ccccc3)s2)cc1. The van der Waals surface area contributed by atoms with Crippen molar-refractivity contribution in [3.63, 3.8) is 0 Å². The molecular weight excluding hydrogens is 484 g/mol. The number of nitrogens with one attached hydrogen (secondary N) is 1. The lowest BCUT2D eigenvalue weighted by molar-refractivity contribution is -0.142. The van der Waals surface area contributed by atoms with Gasteiger partial charge in [0, 0.05) is 35.3 Å². The van der Waals surface area contributed by atoms with Gasteiger partial charge in [-0.2, -0.15) is 0 Å². The zero-order valence-corrected chi connectivity index (χ0v) is 21.4. The fraction of sp³-hybridized carbons (Fsp3) is 0.200. The van der Waals surface area contributed by atoms with Gasteiger partial charge in [0.05, 0.1) is 18.7 Å². The van der Waals surface area contributed by atoms with E-state index in [9.17, 15) is 14.4 Å². The largest absolute Gasteiger partial charge is 0.466 e. The third-order valence-corrected chi connectivity index (χ3v) is 6.68. The Morgan fingerprint density at radius 1 is 0.838 bits per heavy atom. The molecule has 0 saturated heterocycles. The van der Waals surface area contributed by atoms with Crippen LogP contribution in [0, 0.1) is 0 Å². The van der Waals surface area contributed by atoms with Crippen LogP contribution in [-0.2, 0) is 27.2 Å². The van der Waals surface area contributed by atoms with Crippen molar-refractivity contribution in [3.05, 3.63) is 106 Å². The molecule has 4 aromatic rings. The number of ketones is 1. The smallest absolute Gasteiger partial charge is 0.310 e. The summed E-state index contributed by atoms with van der Waals surface area (Å²) in [7, 11) is 0. The Balaban J connectivity index is 1.37. The van der Waals surface area contributed by atoms with Gasteiger partial charge in [-0.1, -0.05) is 84.9 Å². The summed E-state index contributed by atoms with van der Waals surface area (Å²) in [4.78, 5) is 42.6. The average Bonchev–Trinajstić information content (AvgIpc) is 3.30. The minimum Gasteiger partial charge on any atom is -0.466 e. The van der Waals surface area contributed by atoms with Crippen LogP contribution in [0.4, 0.5) is 5.13 Å². The molecule has 0 aliphatic carbocycles. The molecule has 0 spiro atoms. The van der Waals surface area contributed by atoms with E-state index in [4.69, 9.17) is 9.72 Å². The first-order chi connectivity index (χ1) is 18.0. The number of hydrogen-bond acceptors (Lipinski definition) is 6. The topological polar surface area (TPSA) is 85.4 Å². The number of Topliss-reactive ketones (excluding diaryl/α,β-unsaturated/α-hetero) is 1. The molecule has 0 unspecified atom stereocenters. The standard InChI is InChI=1S/C30H28N2O4S/c1-2-36-28(35)20-22-13-15-23(16-14-22)25(33)17-18-27(34)31-30-32-29(24-11-7-4-8-12-24)26(37-30)19-21-9-5-3-6-10-21/h3-16H,2,17-20H2,1H3,(H,31,32,34). The maximum Gasteiger partial charge on any atom is 0.310 e. The number of carbonyl (C=O) groups excluding carboxylic acids is 3. The summed E-state index contributed by atoms with van der Waals surface area (Å²) in [6, 6.07) is 26.9. The second-order valence-electron chi connectivity index (χ2n) is 8.47. The van der Waals surface area contributed by atoms with E-state index in [0.29, 0.717) is 23.7 Å². The Kier molecular flexibility index (Phi) is 8.94. The Morgan fingerprint density at radius 3 is 2.19 bits per heavy atom. The molecule has 0 bridgehead atoms. The maximum atomic E-state index is 12.7. The summed E-state index contributed by atoms with van der Waals surface area (Å²) >= 11 is 1.45. The first-order valence-electron chi connectivity index (χ1n) is 12.2. The van der Waals surface area contributed by atoms with Crippen LogP contribution in [0.5, 0.6) is 0 Å². The molecule has 1 heterocycles. The fourth-order valence-corrected chi connectivity index (χ4v) is 4.90. The second-order valence-corrected chi connectivity index (χ2v) is 9.55. The molecule has 7 heteroatoms. The summed E-state index contributed by atoms with van der Waals surface area (Å²) in [6.45, 7) is 2.09. The minimum absolute atomic E-state index is 0.0533. The molecule has 1 aromatic heterocycles. The number of ether oxygens (including phenoxy) is 1. The Bertz CT molecular complexity index is 1350. The molecule has 0 aliphatic heterocycles. The average molecular weight is 513 g/mol. The number of aromatic nitrogens is 1. The van der Waals surface area contributed by atoms with Gasteiger partial charge >= 0.3 is 5.97 Å². The van der Waals surface area contributed by atoms with Crippen LogP contribution < -0.4 is 5.32 Å². The lowest BCUT2D eigenvalue weighted by Crippen LogP contribution is -2.13. The van der Waals surface area contributed by atoms with E-state index in [0.717, 1.165) is 21.7 Å². The van der Waals surface area contributed by atoms with E-state index in [-0.39, 0.29) is 36.9 Å². The highest BCUT2D eigenvalue weighted by atomic mass is 32.1. The zero-order chi connectivity index (χ0) is 26.0. The van der Waals surface area contributed by atoms with Crippen molar-refractivity contribution < 1.29 is 19.1 Å². The molecule has 1 N–H and O–H groups in total. The van der Waals surface area contributed by atoms with E-state index >= 15 is 0 Å². The van der Waals surface area contributed by atoms with Crippen LogP contribution in [0.1, 0.15) is 46.1 Å². The predicted octanol–water partition coefficient (Wildman–Crippen LogP) is 6.11. The molecule has 3 aromatic carbocycles. The number of amides is 1. The first kappa shape index (κ1) is 26.0. The lowest BCUT2D eigenvalue weighted by atomic mass is 10.0. The zero-order valence-electron chi connectivity index (χ0n) is 20.6. The van der Waals surface area contributed by atoms with Crippen molar-refractivity contribution in [1.82, 2.24) is 4.98 Å². The van der Waals surface area contributed by atoms with Crippen molar-refractivity contribution in [2.75, 3.05) is 11.9 Å². The second kappa shape index (κ2) is 12.7. The van der Waals surface area contributed by atoms with Crippen LogP contribution in [0.25, 0.3) is 11.3 Å². The maximum absolute atomic E-state index is 12.7. The molecule has 1 amide bonds. The third kappa shape index (κ3) is 7.44. The Hall–Kier alpha value is -4.10.